The SMILES string of the molecule is COc1cc(C)c(CN2C(=O)N[C@]3(CCCc4sccc43)C2=O)cc1OC. The van der Waals surface area contributed by atoms with Crippen molar-refractivity contribution in [1.82, 2.24) is 10.2 Å². The number of urea groups is 1. The van der Waals surface area contributed by atoms with Gasteiger partial charge in [0.15, 0.2) is 11.5 Å². The van der Waals surface area contributed by atoms with E-state index in [9.17, 15) is 9.59 Å². The van der Waals surface area contributed by atoms with Crippen LogP contribution in [0.25, 0.3) is 0 Å². The molecule has 1 saturated heterocycles. The topological polar surface area (TPSA) is 67.9 Å². The number of methoxy groups -OCH3 is 2. The largest absolute Gasteiger partial charge is 0.493 e. The van der Waals surface area contributed by atoms with Gasteiger partial charge in [-0.05, 0) is 60.9 Å². The third kappa shape index (κ3) is 2.68. The zero-order chi connectivity index (χ0) is 19.2. The van der Waals surface area contributed by atoms with Gasteiger partial charge in [-0.15, -0.1) is 11.3 Å². The van der Waals surface area contributed by atoms with Gasteiger partial charge in [0.2, 0.25) is 0 Å². The Kier molecular flexibility index (Phi) is 4.34. The second-order valence-corrected chi connectivity index (χ2v) is 7.97. The fourth-order valence-electron chi connectivity index (χ4n) is 4.05. The minimum Gasteiger partial charge on any atom is -0.493 e. The molecule has 1 aliphatic carbocycles. The molecule has 0 radical (unpaired) electrons. The van der Waals surface area contributed by atoms with E-state index in [1.807, 2.05) is 30.5 Å². The smallest absolute Gasteiger partial charge is 0.325 e. The molecule has 1 N–H and O–H groups in total. The van der Waals surface area contributed by atoms with Gasteiger partial charge in [0, 0.05) is 10.4 Å². The predicted molar refractivity (Wildman–Crippen MR) is 102 cm³/mol. The summed E-state index contributed by atoms with van der Waals surface area (Å²) in [6.07, 6.45) is 2.50. The fraction of sp³-hybridized carbons (Fsp3) is 0.400. The number of nitrogens with zero attached hydrogens (tertiary/aromatic N) is 1. The summed E-state index contributed by atoms with van der Waals surface area (Å²) in [5, 5.41) is 4.99. The molecule has 0 bridgehead atoms. The minimum atomic E-state index is -0.908. The third-order valence-corrected chi connectivity index (χ3v) is 6.49. The van der Waals surface area contributed by atoms with Crippen molar-refractivity contribution in [3.05, 3.63) is 45.1 Å². The van der Waals surface area contributed by atoms with Gasteiger partial charge in [0.1, 0.15) is 5.54 Å². The number of nitrogens with one attached hydrogen (secondary N) is 1. The van der Waals surface area contributed by atoms with E-state index in [4.69, 9.17) is 9.47 Å². The summed E-state index contributed by atoms with van der Waals surface area (Å²) < 4.78 is 10.7. The van der Waals surface area contributed by atoms with Gasteiger partial charge in [0.25, 0.3) is 5.91 Å². The second-order valence-electron chi connectivity index (χ2n) is 6.97. The Morgan fingerprint density at radius 2 is 1.96 bits per heavy atom. The normalized spacial score (nSPS) is 21.4. The van der Waals surface area contributed by atoms with Crippen LogP contribution in [-0.2, 0) is 23.3 Å². The zero-order valence-electron chi connectivity index (χ0n) is 15.6. The molecular weight excluding hydrogens is 364 g/mol. The van der Waals surface area contributed by atoms with Crippen LogP contribution in [0, 0.1) is 6.92 Å². The van der Waals surface area contributed by atoms with E-state index in [0.29, 0.717) is 17.9 Å². The molecule has 7 heteroatoms. The first-order chi connectivity index (χ1) is 13.0. The molecule has 2 heterocycles. The Hall–Kier alpha value is -2.54. The molecule has 1 aliphatic heterocycles. The molecule has 1 atom stereocenters. The number of rotatable bonds is 4. The van der Waals surface area contributed by atoms with Crippen molar-refractivity contribution >= 4 is 23.3 Å². The first kappa shape index (κ1) is 17.9. The average Bonchev–Trinajstić information content (AvgIpc) is 3.23. The van der Waals surface area contributed by atoms with E-state index >= 15 is 0 Å². The molecule has 142 valence electrons. The minimum absolute atomic E-state index is 0.166. The van der Waals surface area contributed by atoms with Gasteiger partial charge < -0.3 is 14.8 Å². The molecule has 2 aliphatic rings. The van der Waals surface area contributed by atoms with E-state index in [-0.39, 0.29) is 18.5 Å². The van der Waals surface area contributed by atoms with Crippen LogP contribution in [0.15, 0.2) is 23.6 Å². The van der Waals surface area contributed by atoms with Gasteiger partial charge in [-0.3, -0.25) is 9.69 Å². The van der Waals surface area contributed by atoms with E-state index in [2.05, 4.69) is 5.32 Å². The molecule has 1 spiro atoms. The summed E-state index contributed by atoms with van der Waals surface area (Å²) in [6.45, 7) is 2.14. The van der Waals surface area contributed by atoms with Crippen molar-refractivity contribution in [3.63, 3.8) is 0 Å². The number of amides is 3. The van der Waals surface area contributed by atoms with E-state index < -0.39 is 5.54 Å². The number of fused-ring (bicyclic) bond motifs is 2. The first-order valence-electron chi connectivity index (χ1n) is 8.92. The molecule has 1 aromatic heterocycles. The van der Waals surface area contributed by atoms with Crippen molar-refractivity contribution in [1.29, 1.82) is 0 Å². The molecule has 6 nitrogen and oxygen atoms in total. The molecule has 0 unspecified atom stereocenters. The molecule has 2 aromatic rings. The molecule has 4 rings (SSSR count). The maximum Gasteiger partial charge on any atom is 0.325 e. The summed E-state index contributed by atoms with van der Waals surface area (Å²) in [6, 6.07) is 5.33. The van der Waals surface area contributed by atoms with Crippen molar-refractivity contribution in [2.24, 2.45) is 0 Å². The Balaban J connectivity index is 1.67. The van der Waals surface area contributed by atoms with Crippen LogP contribution in [0.5, 0.6) is 11.5 Å². The lowest BCUT2D eigenvalue weighted by molar-refractivity contribution is -0.132. The number of carbonyl (C=O) groups is 2. The van der Waals surface area contributed by atoms with Crippen LogP contribution in [0.3, 0.4) is 0 Å². The van der Waals surface area contributed by atoms with E-state index in [0.717, 1.165) is 29.5 Å². The highest BCUT2D eigenvalue weighted by atomic mass is 32.1. The highest BCUT2D eigenvalue weighted by Gasteiger charge is 2.54. The lowest BCUT2D eigenvalue weighted by Crippen LogP contribution is -2.46. The number of thiophene rings is 1. The summed E-state index contributed by atoms with van der Waals surface area (Å²) in [4.78, 5) is 28.6. The molecule has 3 amide bonds. The Morgan fingerprint density at radius 1 is 1.22 bits per heavy atom. The van der Waals surface area contributed by atoms with Crippen LogP contribution in [0.2, 0.25) is 0 Å². The Morgan fingerprint density at radius 3 is 2.70 bits per heavy atom. The number of hydrogen-bond donors (Lipinski definition) is 1. The molecule has 1 aromatic carbocycles. The number of hydrogen-bond acceptors (Lipinski definition) is 5. The highest BCUT2D eigenvalue weighted by molar-refractivity contribution is 7.10. The lowest BCUT2D eigenvalue weighted by Gasteiger charge is -2.31. The number of carbonyl (C=O) groups excluding carboxylic acids is 2. The summed E-state index contributed by atoms with van der Waals surface area (Å²) >= 11 is 1.65. The van der Waals surface area contributed by atoms with Crippen molar-refractivity contribution in [2.75, 3.05) is 14.2 Å². The lowest BCUT2D eigenvalue weighted by atomic mass is 9.80. The molecule has 1 fully saturated rings. The highest BCUT2D eigenvalue weighted by Crippen LogP contribution is 2.42. The number of imide groups is 1. The van der Waals surface area contributed by atoms with Crippen molar-refractivity contribution < 1.29 is 19.1 Å². The Bertz CT molecular complexity index is 923. The maximum atomic E-state index is 13.3. The quantitative estimate of drug-likeness (QED) is 0.818. The average molecular weight is 386 g/mol. The maximum absolute atomic E-state index is 13.3. The van der Waals surface area contributed by atoms with Crippen LogP contribution in [0.1, 0.15) is 34.4 Å². The van der Waals surface area contributed by atoms with Gasteiger partial charge in [-0.2, -0.15) is 0 Å². The molecule has 27 heavy (non-hydrogen) atoms. The van der Waals surface area contributed by atoms with Crippen LogP contribution in [-0.4, -0.2) is 31.1 Å². The number of aryl methyl sites for hydroxylation is 2. The van der Waals surface area contributed by atoms with Crippen LogP contribution < -0.4 is 14.8 Å². The van der Waals surface area contributed by atoms with Crippen LogP contribution >= 0.6 is 11.3 Å². The second kappa shape index (κ2) is 6.56. The zero-order valence-corrected chi connectivity index (χ0v) is 16.4. The van der Waals surface area contributed by atoms with Gasteiger partial charge in [-0.1, -0.05) is 0 Å². The van der Waals surface area contributed by atoms with E-state index in [1.165, 1.54) is 9.78 Å². The molecule has 0 saturated carbocycles. The monoisotopic (exact) mass is 386 g/mol. The standard InChI is InChI=1S/C20H22N2O4S/c1-12-9-15(25-2)16(26-3)10-13(12)11-22-18(23)20(21-19(22)24)7-4-5-17-14(20)6-8-27-17/h6,8-10H,4-5,7,11H2,1-3H3,(H,21,24)/t20-/m0/s1. The van der Waals surface area contributed by atoms with Gasteiger partial charge >= 0.3 is 6.03 Å². The fourth-order valence-corrected chi connectivity index (χ4v) is 5.05. The van der Waals surface area contributed by atoms with Crippen LogP contribution in [0.4, 0.5) is 4.79 Å². The van der Waals surface area contributed by atoms with E-state index in [1.54, 1.807) is 25.6 Å². The number of ether oxygens (including phenoxy) is 2. The van der Waals surface area contributed by atoms with Gasteiger partial charge in [0.05, 0.1) is 20.8 Å². The Labute approximate surface area is 162 Å². The summed E-state index contributed by atoms with van der Waals surface area (Å²) in [7, 11) is 3.15. The summed E-state index contributed by atoms with van der Waals surface area (Å²) in [5.41, 5.74) is 1.85. The number of benzene rings is 1. The summed E-state index contributed by atoms with van der Waals surface area (Å²) in [5.74, 6) is 1.04. The first-order valence-corrected chi connectivity index (χ1v) is 9.80. The van der Waals surface area contributed by atoms with Crippen molar-refractivity contribution in [2.45, 2.75) is 38.3 Å². The van der Waals surface area contributed by atoms with Gasteiger partial charge in [-0.25, -0.2) is 4.79 Å². The third-order valence-electron chi connectivity index (χ3n) is 5.51. The predicted octanol–water partition coefficient (Wildman–Crippen LogP) is 3.36. The molecular formula is C20H22N2O4S. The van der Waals surface area contributed by atoms with Crippen molar-refractivity contribution in [3.8, 4) is 11.5 Å².